The van der Waals surface area contributed by atoms with E-state index < -0.39 is 97.5 Å². The number of phosphoric ester groups is 2. The zero-order valence-corrected chi connectivity index (χ0v) is 68.3. The Hall–Kier alpha value is -1.94. The molecule has 0 spiro atoms. The highest BCUT2D eigenvalue weighted by Gasteiger charge is 2.30. The van der Waals surface area contributed by atoms with Gasteiger partial charge in [0.05, 0.1) is 26.4 Å². The van der Waals surface area contributed by atoms with Crippen LogP contribution >= 0.6 is 15.6 Å². The number of aliphatic hydroxyl groups is 1. The van der Waals surface area contributed by atoms with E-state index in [1.165, 1.54) is 218 Å². The summed E-state index contributed by atoms with van der Waals surface area (Å²) < 4.78 is 68.7. The maximum atomic E-state index is 13.1. The minimum absolute atomic E-state index is 0.106. The number of hydrogen-bond donors (Lipinski definition) is 3. The van der Waals surface area contributed by atoms with Gasteiger partial charge in [0, 0.05) is 25.7 Å². The van der Waals surface area contributed by atoms with Crippen LogP contribution < -0.4 is 0 Å². The average molecular weight is 1480 g/mol. The third-order valence-electron chi connectivity index (χ3n) is 19.1. The number of rotatable bonds is 79. The smallest absolute Gasteiger partial charge is 0.462 e. The van der Waals surface area contributed by atoms with Crippen molar-refractivity contribution in [3.8, 4) is 0 Å². The molecule has 0 aliphatic heterocycles. The molecule has 5 atom stereocenters. The first-order chi connectivity index (χ1) is 48.6. The Morgan fingerprint density at radius 1 is 0.248 bits per heavy atom. The highest BCUT2D eigenvalue weighted by atomic mass is 31.2. The molecule has 0 saturated carbocycles. The van der Waals surface area contributed by atoms with Gasteiger partial charge in [-0.05, 0) is 49.4 Å². The van der Waals surface area contributed by atoms with Crippen LogP contribution in [0, 0.1) is 23.7 Å². The van der Waals surface area contributed by atoms with Crippen molar-refractivity contribution < 1.29 is 80.2 Å². The molecule has 17 nitrogen and oxygen atoms in total. The molecule has 3 unspecified atom stereocenters. The van der Waals surface area contributed by atoms with Gasteiger partial charge < -0.3 is 33.8 Å². The Bertz CT molecular complexity index is 1970. The lowest BCUT2D eigenvalue weighted by atomic mass is 10.0. The number of hydrogen-bond acceptors (Lipinski definition) is 15. The van der Waals surface area contributed by atoms with Crippen LogP contribution in [-0.2, 0) is 65.4 Å². The summed E-state index contributed by atoms with van der Waals surface area (Å²) in [4.78, 5) is 73.0. The molecule has 0 amide bonds. The monoisotopic (exact) mass is 1480 g/mol. The summed E-state index contributed by atoms with van der Waals surface area (Å²) in [5.41, 5.74) is 0. The molecule has 0 aromatic carbocycles. The Morgan fingerprint density at radius 3 is 0.614 bits per heavy atom. The van der Waals surface area contributed by atoms with Crippen molar-refractivity contribution in [1.29, 1.82) is 0 Å². The highest BCUT2D eigenvalue weighted by molar-refractivity contribution is 7.47. The Labute approximate surface area is 619 Å². The average Bonchev–Trinajstić information content (AvgIpc) is 0.958. The SMILES string of the molecule is CC(C)CCCCCCCCCCCCCCCCCCCCC(=O)O[C@H](COC(=O)CCCCCCCCCC(C)C)COP(=O)(O)OCC(O)COP(=O)(O)OC[C@@H](COC(=O)CCCCCCCCCCCCCCCCC(C)C)OC(=O)CCCCCCCCCCCCC(C)C. The van der Waals surface area contributed by atoms with E-state index in [-0.39, 0.29) is 25.7 Å². The number of phosphoric acid groups is 2. The van der Waals surface area contributed by atoms with Crippen LogP contribution in [0.1, 0.15) is 421 Å². The molecule has 600 valence electrons. The quantitative estimate of drug-likeness (QED) is 0.0222. The van der Waals surface area contributed by atoms with Gasteiger partial charge in [-0.1, -0.05) is 370 Å². The summed E-state index contributed by atoms with van der Waals surface area (Å²) in [6, 6.07) is 0. The van der Waals surface area contributed by atoms with Gasteiger partial charge in [-0.15, -0.1) is 0 Å². The molecule has 0 saturated heterocycles. The van der Waals surface area contributed by atoms with Crippen molar-refractivity contribution in [3.63, 3.8) is 0 Å². The standard InChI is InChI=1S/C82H160O17P2/c1-72(2)58-50-42-34-27-21-17-13-11-9-10-12-14-20-24-31-39-48-56-64-81(86)99-78(69-93-80(85)63-55-47-41-33-37-45-53-61-75(7)8)71-97-101(90,91)95-67-76(83)66-94-100(88,89)96-70-77(98-82(87)65-57-49-40-32-26-25-29-36-44-52-60-74(5)6)68-92-79(84)62-54-46-38-30-23-19-16-15-18-22-28-35-43-51-59-73(3)4/h72-78,83H,9-71H2,1-8H3,(H,88,89)(H,90,91)/t76?,77-,78-/m1/s1. The molecule has 0 aliphatic carbocycles. The first-order valence-corrected chi connectivity index (χ1v) is 45.2. The second-order valence-corrected chi connectivity index (χ2v) is 34.3. The zero-order chi connectivity index (χ0) is 74.6. The molecule has 3 N–H and O–H groups in total. The number of ether oxygens (including phenoxy) is 4. The third-order valence-corrected chi connectivity index (χ3v) is 21.0. The van der Waals surface area contributed by atoms with E-state index in [4.69, 9.17) is 37.0 Å². The van der Waals surface area contributed by atoms with Crippen molar-refractivity contribution >= 4 is 39.5 Å². The highest BCUT2D eigenvalue weighted by Crippen LogP contribution is 2.45. The molecule has 0 aromatic rings. The Morgan fingerprint density at radius 2 is 0.416 bits per heavy atom. The number of carbonyl (C=O) groups excluding carboxylic acids is 4. The van der Waals surface area contributed by atoms with Crippen LogP contribution in [0.25, 0.3) is 0 Å². The van der Waals surface area contributed by atoms with Gasteiger partial charge >= 0.3 is 39.5 Å². The van der Waals surface area contributed by atoms with Crippen LogP contribution in [0.4, 0.5) is 0 Å². The number of carbonyl (C=O) groups is 4. The van der Waals surface area contributed by atoms with E-state index >= 15 is 0 Å². The summed E-state index contributed by atoms with van der Waals surface area (Å²) in [5, 5.41) is 10.6. The molecule has 0 rings (SSSR count). The van der Waals surface area contributed by atoms with E-state index in [0.717, 1.165) is 114 Å². The topological polar surface area (TPSA) is 237 Å². The zero-order valence-electron chi connectivity index (χ0n) is 66.5. The van der Waals surface area contributed by atoms with E-state index in [1.54, 1.807) is 0 Å². The van der Waals surface area contributed by atoms with Gasteiger partial charge in [0.15, 0.2) is 12.2 Å². The summed E-state index contributed by atoms with van der Waals surface area (Å²) in [5.74, 6) is 0.962. The van der Waals surface area contributed by atoms with Crippen LogP contribution in [0.5, 0.6) is 0 Å². The lowest BCUT2D eigenvalue weighted by Gasteiger charge is -2.21. The third kappa shape index (κ3) is 76.1. The maximum Gasteiger partial charge on any atom is 0.472 e. The van der Waals surface area contributed by atoms with E-state index in [1.807, 2.05) is 0 Å². The minimum atomic E-state index is -4.96. The summed E-state index contributed by atoms with van der Waals surface area (Å²) in [6.45, 7) is 14.2. The summed E-state index contributed by atoms with van der Waals surface area (Å²) >= 11 is 0. The van der Waals surface area contributed by atoms with Crippen LogP contribution in [0.15, 0.2) is 0 Å². The lowest BCUT2D eigenvalue weighted by Crippen LogP contribution is -2.30. The van der Waals surface area contributed by atoms with Crippen molar-refractivity contribution in [3.05, 3.63) is 0 Å². The number of esters is 4. The predicted octanol–water partition coefficient (Wildman–Crippen LogP) is 24.4. The number of aliphatic hydroxyl groups excluding tert-OH is 1. The minimum Gasteiger partial charge on any atom is -0.462 e. The van der Waals surface area contributed by atoms with Crippen molar-refractivity contribution in [1.82, 2.24) is 0 Å². The van der Waals surface area contributed by atoms with E-state index in [2.05, 4.69) is 55.4 Å². The first kappa shape index (κ1) is 99.1. The van der Waals surface area contributed by atoms with Gasteiger partial charge in [0.2, 0.25) is 0 Å². The van der Waals surface area contributed by atoms with Gasteiger partial charge in [-0.25, -0.2) is 9.13 Å². The summed E-state index contributed by atoms with van der Waals surface area (Å²) in [6.07, 6.45) is 58.4. The lowest BCUT2D eigenvalue weighted by molar-refractivity contribution is -0.161. The predicted molar refractivity (Wildman–Crippen MR) is 414 cm³/mol. The normalized spacial score (nSPS) is 14.0. The van der Waals surface area contributed by atoms with Crippen molar-refractivity contribution in [2.45, 2.75) is 440 Å². The molecule has 0 bridgehead atoms. The largest absolute Gasteiger partial charge is 0.472 e. The molecule has 0 aliphatic rings. The van der Waals surface area contributed by atoms with Gasteiger partial charge in [0.25, 0.3) is 0 Å². The van der Waals surface area contributed by atoms with Crippen LogP contribution in [-0.4, -0.2) is 96.7 Å². The second-order valence-electron chi connectivity index (χ2n) is 31.4. The molecule has 0 radical (unpaired) electrons. The van der Waals surface area contributed by atoms with Gasteiger partial charge in [-0.3, -0.25) is 37.3 Å². The maximum absolute atomic E-state index is 13.1. The molecule has 0 fully saturated rings. The Kier molecular flexibility index (Phi) is 69.6. The first-order valence-electron chi connectivity index (χ1n) is 42.2. The second kappa shape index (κ2) is 71.0. The fraction of sp³-hybridized carbons (Fsp3) is 0.951. The fourth-order valence-corrected chi connectivity index (χ4v) is 14.2. The number of unbranched alkanes of at least 4 members (excludes halogenated alkanes) is 45. The molecule has 19 heteroatoms. The van der Waals surface area contributed by atoms with Gasteiger partial charge in [0.1, 0.15) is 19.3 Å². The molecule has 0 heterocycles. The summed E-state index contributed by atoms with van der Waals surface area (Å²) in [7, 11) is -9.92. The fourth-order valence-electron chi connectivity index (χ4n) is 12.6. The van der Waals surface area contributed by atoms with Gasteiger partial charge in [-0.2, -0.15) is 0 Å². The molecule has 0 aromatic heterocycles. The van der Waals surface area contributed by atoms with Crippen LogP contribution in [0.3, 0.4) is 0 Å². The molecule has 101 heavy (non-hydrogen) atoms. The molecular formula is C82H160O17P2. The van der Waals surface area contributed by atoms with Crippen molar-refractivity contribution in [2.24, 2.45) is 23.7 Å². The van der Waals surface area contributed by atoms with E-state index in [9.17, 15) is 43.2 Å². The Balaban J connectivity index is 5.19. The van der Waals surface area contributed by atoms with Crippen molar-refractivity contribution in [2.75, 3.05) is 39.6 Å². The molecular weight excluding hydrogens is 1320 g/mol. The van der Waals surface area contributed by atoms with E-state index in [0.29, 0.717) is 31.6 Å². The van der Waals surface area contributed by atoms with Crippen LogP contribution in [0.2, 0.25) is 0 Å².